The van der Waals surface area contributed by atoms with Crippen molar-refractivity contribution < 1.29 is 19.4 Å². The van der Waals surface area contributed by atoms with Crippen molar-refractivity contribution in [1.82, 2.24) is 5.32 Å². The fraction of sp³-hybridized carbons (Fsp3) is 0.562. The molecule has 3 N–H and O–H groups in total. The zero-order valence-corrected chi connectivity index (χ0v) is 14.5. The van der Waals surface area contributed by atoms with Crippen LogP contribution in [0.4, 0.5) is 5.69 Å². The predicted octanol–water partition coefficient (Wildman–Crippen LogP) is 1.93. The molecule has 0 amide bonds. The van der Waals surface area contributed by atoms with Gasteiger partial charge in [-0.2, -0.15) is 0 Å². The smallest absolute Gasteiger partial charge is 0.142 e. The number of aldehydes is 1. The molecule has 128 valence electrons. The first-order chi connectivity index (χ1) is 10.7. The van der Waals surface area contributed by atoms with Crippen LogP contribution < -0.4 is 20.1 Å². The summed E-state index contributed by atoms with van der Waals surface area (Å²) >= 11 is 0. The molecular formula is C16H30N2O4. The third-order valence-electron chi connectivity index (χ3n) is 2.57. The van der Waals surface area contributed by atoms with Crippen molar-refractivity contribution >= 4 is 12.0 Å². The van der Waals surface area contributed by atoms with Crippen molar-refractivity contribution in [2.75, 3.05) is 40.2 Å². The van der Waals surface area contributed by atoms with Crippen LogP contribution in [0.15, 0.2) is 18.2 Å². The first-order valence-corrected chi connectivity index (χ1v) is 7.27. The second kappa shape index (κ2) is 15.6. The number of carbonyl (C=O) groups excluding carboxylic acids is 1. The van der Waals surface area contributed by atoms with Crippen molar-refractivity contribution in [2.24, 2.45) is 0 Å². The number of benzene rings is 1. The van der Waals surface area contributed by atoms with E-state index in [9.17, 15) is 4.79 Å². The predicted molar refractivity (Wildman–Crippen MR) is 91.1 cm³/mol. The maximum Gasteiger partial charge on any atom is 0.142 e. The van der Waals surface area contributed by atoms with Crippen LogP contribution in [0.3, 0.4) is 0 Å². The molecule has 0 heterocycles. The number of rotatable bonds is 8. The molecule has 0 bridgehead atoms. The zero-order valence-electron chi connectivity index (χ0n) is 14.5. The quantitative estimate of drug-likeness (QED) is 0.636. The highest BCUT2D eigenvalue weighted by Crippen LogP contribution is 2.26. The van der Waals surface area contributed by atoms with Gasteiger partial charge in [-0.25, -0.2) is 0 Å². The van der Waals surface area contributed by atoms with Crippen molar-refractivity contribution in [2.45, 2.75) is 26.3 Å². The highest BCUT2D eigenvalue weighted by molar-refractivity contribution is 5.66. The van der Waals surface area contributed by atoms with E-state index in [0.29, 0.717) is 11.5 Å². The zero-order chi connectivity index (χ0) is 17.4. The molecule has 1 rings (SSSR count). The third kappa shape index (κ3) is 9.20. The lowest BCUT2D eigenvalue weighted by molar-refractivity contribution is -0.108. The summed E-state index contributed by atoms with van der Waals surface area (Å²) in [6, 6.07) is 5.22. The van der Waals surface area contributed by atoms with Gasteiger partial charge in [0.25, 0.3) is 0 Å². The molecule has 0 spiro atoms. The Morgan fingerprint density at radius 3 is 2.00 bits per heavy atom. The van der Waals surface area contributed by atoms with Crippen LogP contribution in [-0.2, 0) is 4.79 Å². The SMILES string of the molecule is CC.CNCCC(C=O)Nc1cc(OC)cc(OC)c1.CO. The Balaban J connectivity index is 0. The number of hydrogen-bond acceptors (Lipinski definition) is 6. The summed E-state index contributed by atoms with van der Waals surface area (Å²) in [7, 11) is 6.05. The number of aliphatic hydroxyl groups excluding tert-OH is 1. The lowest BCUT2D eigenvalue weighted by atomic mass is 10.2. The van der Waals surface area contributed by atoms with E-state index in [-0.39, 0.29) is 6.04 Å². The summed E-state index contributed by atoms with van der Waals surface area (Å²) in [5, 5.41) is 13.2. The van der Waals surface area contributed by atoms with Crippen LogP contribution in [-0.4, -0.2) is 52.4 Å². The van der Waals surface area contributed by atoms with Gasteiger partial charge >= 0.3 is 0 Å². The molecule has 1 aromatic carbocycles. The van der Waals surface area contributed by atoms with E-state index in [4.69, 9.17) is 14.6 Å². The molecule has 6 nitrogen and oxygen atoms in total. The van der Waals surface area contributed by atoms with Gasteiger partial charge in [-0.3, -0.25) is 0 Å². The van der Waals surface area contributed by atoms with Gasteiger partial charge in [0.15, 0.2) is 0 Å². The second-order valence-corrected chi connectivity index (χ2v) is 3.88. The van der Waals surface area contributed by atoms with Crippen LogP contribution in [0.25, 0.3) is 0 Å². The number of anilines is 1. The maximum atomic E-state index is 11.0. The molecule has 0 saturated heterocycles. The van der Waals surface area contributed by atoms with Gasteiger partial charge in [0.1, 0.15) is 17.8 Å². The molecule has 0 saturated carbocycles. The molecule has 1 atom stereocenters. The molecule has 0 aliphatic rings. The molecule has 0 fully saturated rings. The van der Waals surface area contributed by atoms with E-state index in [1.165, 1.54) is 0 Å². The van der Waals surface area contributed by atoms with Crippen molar-refractivity contribution in [3.63, 3.8) is 0 Å². The third-order valence-corrected chi connectivity index (χ3v) is 2.57. The number of aliphatic hydroxyl groups is 1. The van der Waals surface area contributed by atoms with Gasteiger partial charge in [0.05, 0.1) is 20.3 Å². The average Bonchev–Trinajstić information content (AvgIpc) is 2.61. The lowest BCUT2D eigenvalue weighted by Crippen LogP contribution is -2.25. The van der Waals surface area contributed by atoms with Crippen LogP contribution in [0, 0.1) is 0 Å². The molecule has 6 heteroatoms. The molecule has 1 unspecified atom stereocenters. The number of hydrogen-bond donors (Lipinski definition) is 3. The van der Waals surface area contributed by atoms with Gasteiger partial charge in [-0.1, -0.05) is 13.8 Å². The number of ether oxygens (including phenoxy) is 2. The molecule has 22 heavy (non-hydrogen) atoms. The Labute approximate surface area is 133 Å². The second-order valence-electron chi connectivity index (χ2n) is 3.88. The summed E-state index contributed by atoms with van der Waals surface area (Å²) in [6.07, 6.45) is 1.63. The van der Waals surface area contributed by atoms with E-state index in [0.717, 1.165) is 32.0 Å². The van der Waals surface area contributed by atoms with Crippen LogP contribution in [0.2, 0.25) is 0 Å². The van der Waals surface area contributed by atoms with Crippen molar-refractivity contribution in [3.8, 4) is 11.5 Å². The Hall–Kier alpha value is -1.79. The fourth-order valence-electron chi connectivity index (χ4n) is 1.58. The topological polar surface area (TPSA) is 79.8 Å². The fourth-order valence-corrected chi connectivity index (χ4v) is 1.58. The van der Waals surface area contributed by atoms with Crippen LogP contribution in [0.1, 0.15) is 20.3 Å². The highest BCUT2D eigenvalue weighted by atomic mass is 16.5. The molecule has 0 radical (unpaired) electrons. The first kappa shape index (κ1) is 22.5. The highest BCUT2D eigenvalue weighted by Gasteiger charge is 2.08. The van der Waals surface area contributed by atoms with Gasteiger partial charge in [0.2, 0.25) is 0 Å². The lowest BCUT2D eigenvalue weighted by Gasteiger charge is -2.15. The molecule has 1 aromatic rings. The van der Waals surface area contributed by atoms with Crippen molar-refractivity contribution in [1.29, 1.82) is 0 Å². The summed E-state index contributed by atoms with van der Waals surface area (Å²) in [5.74, 6) is 1.38. The van der Waals surface area contributed by atoms with E-state index in [1.54, 1.807) is 20.3 Å². The molecule has 0 aromatic heterocycles. The van der Waals surface area contributed by atoms with Crippen molar-refractivity contribution in [3.05, 3.63) is 18.2 Å². The van der Waals surface area contributed by atoms with Crippen LogP contribution in [0.5, 0.6) is 11.5 Å². The van der Waals surface area contributed by atoms with E-state index < -0.39 is 0 Å². The summed E-state index contributed by atoms with van der Waals surface area (Å²) in [4.78, 5) is 11.0. The van der Waals surface area contributed by atoms with Gasteiger partial charge in [0, 0.05) is 31.0 Å². The normalized spacial score (nSPS) is 10.1. The standard InChI is InChI=1S/C13H20N2O3.C2H6.CH4O/c1-14-5-4-10(9-16)15-11-6-12(17-2)8-13(7-11)18-3;2*1-2/h6-10,14-15H,4-5H2,1-3H3;1-2H3;2H,1H3. The first-order valence-electron chi connectivity index (χ1n) is 7.27. The summed E-state index contributed by atoms with van der Waals surface area (Å²) < 4.78 is 10.3. The monoisotopic (exact) mass is 314 g/mol. The van der Waals surface area contributed by atoms with Gasteiger partial charge < -0.3 is 30.0 Å². The molecular weight excluding hydrogens is 284 g/mol. The van der Waals surface area contributed by atoms with Gasteiger partial charge in [-0.15, -0.1) is 0 Å². The average molecular weight is 314 g/mol. The number of carbonyl (C=O) groups is 1. The Bertz CT molecular complexity index is 364. The van der Waals surface area contributed by atoms with E-state index in [1.807, 2.05) is 33.0 Å². The maximum absolute atomic E-state index is 11.0. The van der Waals surface area contributed by atoms with E-state index >= 15 is 0 Å². The summed E-state index contributed by atoms with van der Waals surface area (Å²) in [6.45, 7) is 4.78. The number of nitrogens with one attached hydrogen (secondary N) is 2. The minimum absolute atomic E-state index is 0.228. The largest absolute Gasteiger partial charge is 0.497 e. The van der Waals surface area contributed by atoms with Gasteiger partial charge in [-0.05, 0) is 20.0 Å². The minimum atomic E-state index is -0.228. The summed E-state index contributed by atoms with van der Waals surface area (Å²) in [5.41, 5.74) is 0.805. The minimum Gasteiger partial charge on any atom is -0.497 e. The Kier molecular flexibility index (Phi) is 15.9. The Morgan fingerprint density at radius 1 is 1.14 bits per heavy atom. The molecule has 0 aliphatic carbocycles. The van der Waals surface area contributed by atoms with Crippen LogP contribution >= 0.6 is 0 Å². The Morgan fingerprint density at radius 2 is 1.64 bits per heavy atom. The number of methoxy groups -OCH3 is 2. The molecule has 0 aliphatic heterocycles. The van der Waals surface area contributed by atoms with E-state index in [2.05, 4.69) is 10.6 Å².